The van der Waals surface area contributed by atoms with E-state index in [1.54, 1.807) is 0 Å². The molecule has 0 aromatic carbocycles. The molecule has 2 aromatic rings. The molecular formula is C17H27N7O2. The molecule has 4 rings (SSSR count). The van der Waals surface area contributed by atoms with Crippen molar-refractivity contribution < 1.29 is 9.37 Å². The number of morpholine rings is 1. The zero-order chi connectivity index (χ0) is 17.8. The third kappa shape index (κ3) is 3.88. The van der Waals surface area contributed by atoms with Gasteiger partial charge in [-0.15, -0.1) is 0 Å². The van der Waals surface area contributed by atoms with E-state index in [1.165, 1.54) is 19.3 Å². The zero-order valence-corrected chi connectivity index (χ0v) is 15.4. The molecule has 0 unspecified atom stereocenters. The van der Waals surface area contributed by atoms with Gasteiger partial charge in [0.1, 0.15) is 0 Å². The van der Waals surface area contributed by atoms with Gasteiger partial charge in [-0.2, -0.15) is 0 Å². The van der Waals surface area contributed by atoms with Gasteiger partial charge < -0.3 is 14.5 Å². The third-order valence-corrected chi connectivity index (χ3v) is 5.17. The minimum Gasteiger partial charge on any atom is -0.379 e. The monoisotopic (exact) mass is 361 g/mol. The van der Waals surface area contributed by atoms with Crippen molar-refractivity contribution in [2.24, 2.45) is 0 Å². The van der Waals surface area contributed by atoms with Crippen molar-refractivity contribution in [1.82, 2.24) is 25.2 Å². The maximum Gasteiger partial charge on any atom is 0.245 e. The minimum atomic E-state index is 0.475. The quantitative estimate of drug-likeness (QED) is 0.675. The summed E-state index contributed by atoms with van der Waals surface area (Å²) >= 11 is 0. The van der Waals surface area contributed by atoms with E-state index in [2.05, 4.69) is 42.0 Å². The highest BCUT2D eigenvalue weighted by Crippen LogP contribution is 2.29. The summed E-state index contributed by atoms with van der Waals surface area (Å²) in [5, 5.41) is 7.72. The number of hydrogen-bond donors (Lipinski definition) is 0. The molecule has 2 aliphatic heterocycles. The Hall–Kier alpha value is -2.00. The van der Waals surface area contributed by atoms with Gasteiger partial charge in [-0.1, -0.05) is 0 Å². The van der Waals surface area contributed by atoms with Crippen LogP contribution in [0.1, 0.15) is 25.7 Å². The zero-order valence-electron chi connectivity index (χ0n) is 15.4. The Bertz CT molecular complexity index is 710. The second-order valence-corrected chi connectivity index (χ2v) is 7.06. The molecule has 2 aromatic heterocycles. The van der Waals surface area contributed by atoms with E-state index >= 15 is 0 Å². The van der Waals surface area contributed by atoms with Crippen molar-refractivity contribution in [2.75, 3.05) is 69.3 Å². The fourth-order valence-electron chi connectivity index (χ4n) is 3.63. The molecule has 142 valence electrons. The molecule has 2 saturated heterocycles. The SMILES string of the molecule is CN(CCCCN1CCOCC1)c1nc2nonc2nc1N1CCCC1. The number of anilines is 2. The maximum atomic E-state index is 5.40. The fraction of sp³-hybridized carbons (Fsp3) is 0.765. The van der Waals surface area contributed by atoms with Gasteiger partial charge in [-0.05, 0) is 42.5 Å². The molecule has 9 heteroatoms. The molecule has 9 nitrogen and oxygen atoms in total. The van der Waals surface area contributed by atoms with Gasteiger partial charge in [0.2, 0.25) is 11.3 Å². The topological polar surface area (TPSA) is 83.7 Å². The van der Waals surface area contributed by atoms with Gasteiger partial charge in [0.15, 0.2) is 11.6 Å². The maximum absolute atomic E-state index is 5.40. The lowest BCUT2D eigenvalue weighted by molar-refractivity contribution is 0.0372. The first kappa shape index (κ1) is 17.4. The highest BCUT2D eigenvalue weighted by molar-refractivity contribution is 5.74. The fourth-order valence-corrected chi connectivity index (χ4v) is 3.63. The highest BCUT2D eigenvalue weighted by Gasteiger charge is 2.23. The Morgan fingerprint density at radius 3 is 2.46 bits per heavy atom. The van der Waals surface area contributed by atoms with Crippen LogP contribution >= 0.6 is 0 Å². The van der Waals surface area contributed by atoms with Crippen molar-refractivity contribution in [3.8, 4) is 0 Å². The second-order valence-electron chi connectivity index (χ2n) is 7.06. The Kier molecular flexibility index (Phi) is 5.45. The predicted octanol–water partition coefficient (Wildman–Crippen LogP) is 1.16. The molecule has 26 heavy (non-hydrogen) atoms. The standard InChI is InChI=1S/C17H27N7O2/c1-22(6-2-3-7-23-10-12-25-13-11-23)16-17(24-8-4-5-9-24)19-15-14(18-16)20-26-21-15/h2-13H2,1H3. The van der Waals surface area contributed by atoms with Crippen LogP contribution in [0.15, 0.2) is 4.63 Å². The van der Waals surface area contributed by atoms with Gasteiger partial charge in [0, 0.05) is 39.8 Å². The first-order valence-electron chi connectivity index (χ1n) is 9.58. The van der Waals surface area contributed by atoms with Gasteiger partial charge in [0.25, 0.3) is 0 Å². The van der Waals surface area contributed by atoms with Crippen LogP contribution in [0.4, 0.5) is 11.6 Å². The largest absolute Gasteiger partial charge is 0.379 e. The van der Waals surface area contributed by atoms with Crippen molar-refractivity contribution >= 4 is 22.9 Å². The molecular weight excluding hydrogens is 334 g/mol. The number of hydrogen-bond acceptors (Lipinski definition) is 9. The number of fused-ring (bicyclic) bond motifs is 1. The summed E-state index contributed by atoms with van der Waals surface area (Å²) < 4.78 is 10.2. The summed E-state index contributed by atoms with van der Waals surface area (Å²) in [7, 11) is 2.08. The van der Waals surface area contributed by atoms with Crippen molar-refractivity contribution in [3.63, 3.8) is 0 Å². The van der Waals surface area contributed by atoms with E-state index < -0.39 is 0 Å². The Balaban J connectivity index is 1.39. The van der Waals surface area contributed by atoms with E-state index in [0.717, 1.165) is 70.5 Å². The summed E-state index contributed by atoms with van der Waals surface area (Å²) in [6.45, 7) is 7.94. The molecule has 2 aliphatic rings. The molecule has 0 radical (unpaired) electrons. The molecule has 2 fully saturated rings. The van der Waals surface area contributed by atoms with E-state index in [4.69, 9.17) is 9.37 Å². The minimum absolute atomic E-state index is 0.475. The van der Waals surface area contributed by atoms with Crippen LogP contribution in [0.25, 0.3) is 11.3 Å². The van der Waals surface area contributed by atoms with Crippen LogP contribution in [0.2, 0.25) is 0 Å². The van der Waals surface area contributed by atoms with Crippen LogP contribution in [-0.2, 0) is 4.74 Å². The first-order valence-corrected chi connectivity index (χ1v) is 9.58. The van der Waals surface area contributed by atoms with Gasteiger partial charge in [-0.3, -0.25) is 4.90 Å². The van der Waals surface area contributed by atoms with Crippen molar-refractivity contribution in [3.05, 3.63) is 0 Å². The Morgan fingerprint density at radius 2 is 1.69 bits per heavy atom. The Labute approximate surface area is 153 Å². The number of unbranched alkanes of at least 4 members (excludes halogenated alkanes) is 1. The summed E-state index contributed by atoms with van der Waals surface area (Å²) in [5.41, 5.74) is 0.958. The summed E-state index contributed by atoms with van der Waals surface area (Å²) in [6.07, 6.45) is 4.67. The highest BCUT2D eigenvalue weighted by atomic mass is 16.6. The van der Waals surface area contributed by atoms with E-state index in [1.807, 2.05) is 0 Å². The Morgan fingerprint density at radius 1 is 0.962 bits per heavy atom. The third-order valence-electron chi connectivity index (χ3n) is 5.17. The molecule has 0 spiro atoms. The van der Waals surface area contributed by atoms with Gasteiger partial charge in [-0.25, -0.2) is 14.6 Å². The normalized spacial score (nSPS) is 18.7. The van der Waals surface area contributed by atoms with E-state index in [-0.39, 0.29) is 0 Å². The summed E-state index contributed by atoms with van der Waals surface area (Å²) in [4.78, 5) is 16.3. The average molecular weight is 361 g/mol. The lowest BCUT2D eigenvalue weighted by atomic mass is 10.2. The molecule has 4 heterocycles. The molecule has 0 amide bonds. The predicted molar refractivity (Wildman–Crippen MR) is 98.6 cm³/mol. The van der Waals surface area contributed by atoms with Crippen molar-refractivity contribution in [1.29, 1.82) is 0 Å². The van der Waals surface area contributed by atoms with Gasteiger partial charge >= 0.3 is 0 Å². The number of aromatic nitrogens is 4. The lowest BCUT2D eigenvalue weighted by Gasteiger charge is -2.27. The average Bonchev–Trinajstić information content (AvgIpc) is 3.36. The van der Waals surface area contributed by atoms with Gasteiger partial charge in [0.05, 0.1) is 13.2 Å². The summed E-state index contributed by atoms with van der Waals surface area (Å²) in [5.74, 6) is 1.78. The first-order chi connectivity index (χ1) is 12.8. The van der Waals surface area contributed by atoms with Crippen LogP contribution in [0.3, 0.4) is 0 Å². The summed E-state index contributed by atoms with van der Waals surface area (Å²) in [6, 6.07) is 0. The van der Waals surface area contributed by atoms with Crippen LogP contribution in [-0.4, -0.2) is 84.7 Å². The molecule has 0 aliphatic carbocycles. The van der Waals surface area contributed by atoms with Crippen molar-refractivity contribution in [2.45, 2.75) is 25.7 Å². The van der Waals surface area contributed by atoms with Crippen LogP contribution in [0.5, 0.6) is 0 Å². The van der Waals surface area contributed by atoms with Crippen LogP contribution in [0, 0.1) is 0 Å². The molecule has 0 saturated carbocycles. The molecule has 0 N–H and O–H groups in total. The van der Waals surface area contributed by atoms with Crippen LogP contribution < -0.4 is 9.80 Å². The second kappa shape index (κ2) is 8.13. The number of nitrogens with zero attached hydrogens (tertiary/aromatic N) is 7. The number of rotatable bonds is 7. The number of ether oxygens (including phenoxy) is 1. The smallest absolute Gasteiger partial charge is 0.245 e. The lowest BCUT2D eigenvalue weighted by Crippen LogP contribution is -2.37. The van der Waals surface area contributed by atoms with E-state index in [9.17, 15) is 0 Å². The van der Waals surface area contributed by atoms with E-state index in [0.29, 0.717) is 11.3 Å². The molecule has 0 atom stereocenters. The molecule has 0 bridgehead atoms.